The van der Waals surface area contributed by atoms with E-state index in [1.165, 1.54) is 0 Å². The van der Waals surface area contributed by atoms with E-state index in [9.17, 15) is 9.90 Å². The minimum Gasteiger partial charge on any atom is -0.378 e. The van der Waals surface area contributed by atoms with E-state index in [1.807, 2.05) is 54.6 Å². The Morgan fingerprint density at radius 3 is 2.20 bits per heavy atom. The van der Waals surface area contributed by atoms with Crippen molar-refractivity contribution in [1.82, 2.24) is 10.4 Å². The second-order valence-electron chi connectivity index (χ2n) is 5.33. The number of carbonyl (C=O) groups excluding carboxylic acids is 1. The number of aliphatic hydroxyl groups is 1. The van der Waals surface area contributed by atoms with Crippen LogP contribution in [0.15, 0.2) is 90.2 Å². The molecule has 1 heterocycles. The Bertz CT molecular complexity index is 808. The third-order valence-corrected chi connectivity index (χ3v) is 3.60. The lowest BCUT2D eigenvalue weighted by molar-refractivity contribution is -0.129. The van der Waals surface area contributed by atoms with Gasteiger partial charge in [-0.2, -0.15) is 5.10 Å². The van der Waals surface area contributed by atoms with Crippen LogP contribution in [0.5, 0.6) is 0 Å². The van der Waals surface area contributed by atoms with Crippen LogP contribution in [0.25, 0.3) is 0 Å². The van der Waals surface area contributed by atoms with Gasteiger partial charge in [0.1, 0.15) is 5.71 Å². The molecule has 1 aromatic heterocycles. The van der Waals surface area contributed by atoms with E-state index in [1.54, 1.807) is 30.5 Å². The first kappa shape index (κ1) is 16.5. The number of carbonyl (C=O) groups is 1. The van der Waals surface area contributed by atoms with Crippen molar-refractivity contribution in [3.8, 4) is 0 Å². The highest BCUT2D eigenvalue weighted by Gasteiger charge is 2.17. The van der Waals surface area contributed by atoms with Crippen LogP contribution in [0.3, 0.4) is 0 Å². The SMILES string of the molecule is O=C(NN=C(c1ccccc1)c1ccccn1)C(O)c1ccccc1. The minimum atomic E-state index is -1.29. The van der Waals surface area contributed by atoms with Gasteiger partial charge in [-0.15, -0.1) is 0 Å². The third kappa shape index (κ3) is 4.16. The Morgan fingerprint density at radius 2 is 1.56 bits per heavy atom. The Hall–Kier alpha value is -3.31. The van der Waals surface area contributed by atoms with E-state index >= 15 is 0 Å². The molecule has 5 nitrogen and oxygen atoms in total. The fourth-order valence-electron chi connectivity index (χ4n) is 2.33. The predicted molar refractivity (Wildman–Crippen MR) is 95.9 cm³/mol. The normalized spacial score (nSPS) is 12.4. The van der Waals surface area contributed by atoms with E-state index in [0.717, 1.165) is 5.56 Å². The lowest BCUT2D eigenvalue weighted by atomic mass is 10.1. The van der Waals surface area contributed by atoms with Crippen molar-refractivity contribution in [3.63, 3.8) is 0 Å². The van der Waals surface area contributed by atoms with Gasteiger partial charge in [0.15, 0.2) is 6.10 Å². The number of hydrogen-bond donors (Lipinski definition) is 2. The number of hydrogen-bond acceptors (Lipinski definition) is 4. The summed E-state index contributed by atoms with van der Waals surface area (Å²) in [5.41, 5.74) is 4.91. The molecule has 0 aliphatic rings. The van der Waals surface area contributed by atoms with Crippen LogP contribution in [-0.2, 0) is 4.79 Å². The zero-order valence-corrected chi connectivity index (χ0v) is 13.4. The highest BCUT2D eigenvalue weighted by atomic mass is 16.3. The quantitative estimate of drug-likeness (QED) is 0.557. The van der Waals surface area contributed by atoms with Crippen molar-refractivity contribution in [1.29, 1.82) is 0 Å². The second kappa shape index (κ2) is 7.99. The van der Waals surface area contributed by atoms with E-state index in [-0.39, 0.29) is 0 Å². The van der Waals surface area contributed by atoms with Crippen LogP contribution in [0.2, 0.25) is 0 Å². The van der Waals surface area contributed by atoms with Gasteiger partial charge in [0.05, 0.1) is 5.69 Å². The zero-order chi connectivity index (χ0) is 17.5. The lowest BCUT2D eigenvalue weighted by Gasteiger charge is -2.11. The molecule has 0 saturated carbocycles. The maximum Gasteiger partial charge on any atom is 0.273 e. The van der Waals surface area contributed by atoms with Crippen LogP contribution in [0.4, 0.5) is 0 Å². The molecule has 0 bridgehead atoms. The standard InChI is InChI=1S/C20H17N3O2/c24-19(16-11-5-2-6-12-16)20(25)23-22-18(15-9-3-1-4-10-15)17-13-7-8-14-21-17/h1-14,19,24H,(H,23,25). The summed E-state index contributed by atoms with van der Waals surface area (Å²) in [5, 5.41) is 14.4. The van der Waals surface area contributed by atoms with Crippen molar-refractivity contribution in [3.05, 3.63) is 102 Å². The molecule has 25 heavy (non-hydrogen) atoms. The largest absolute Gasteiger partial charge is 0.378 e. The molecule has 124 valence electrons. The molecule has 0 saturated heterocycles. The molecule has 1 unspecified atom stereocenters. The summed E-state index contributed by atoms with van der Waals surface area (Å²) in [4.78, 5) is 16.5. The smallest absolute Gasteiger partial charge is 0.273 e. The number of aromatic nitrogens is 1. The van der Waals surface area contributed by atoms with Gasteiger partial charge in [-0.1, -0.05) is 66.7 Å². The summed E-state index contributed by atoms with van der Waals surface area (Å²) in [6, 6.07) is 23.6. The number of pyridine rings is 1. The molecule has 0 aliphatic heterocycles. The molecule has 0 fully saturated rings. The fraction of sp³-hybridized carbons (Fsp3) is 0.0500. The number of nitrogens with zero attached hydrogens (tertiary/aromatic N) is 2. The Balaban J connectivity index is 1.85. The molecular weight excluding hydrogens is 314 g/mol. The maximum absolute atomic E-state index is 12.2. The first-order valence-corrected chi connectivity index (χ1v) is 7.83. The van der Waals surface area contributed by atoms with Gasteiger partial charge < -0.3 is 5.11 Å². The molecule has 2 N–H and O–H groups in total. The fourth-order valence-corrected chi connectivity index (χ4v) is 2.33. The number of amides is 1. The van der Waals surface area contributed by atoms with Crippen molar-refractivity contribution >= 4 is 11.6 Å². The van der Waals surface area contributed by atoms with Gasteiger partial charge in [-0.05, 0) is 17.7 Å². The molecule has 1 amide bonds. The van der Waals surface area contributed by atoms with Crippen molar-refractivity contribution in [2.24, 2.45) is 5.10 Å². The van der Waals surface area contributed by atoms with E-state index < -0.39 is 12.0 Å². The van der Waals surface area contributed by atoms with Crippen molar-refractivity contribution in [2.45, 2.75) is 6.10 Å². The first-order valence-electron chi connectivity index (χ1n) is 7.83. The van der Waals surface area contributed by atoms with Crippen molar-refractivity contribution in [2.75, 3.05) is 0 Å². The zero-order valence-electron chi connectivity index (χ0n) is 13.4. The van der Waals surface area contributed by atoms with Crippen LogP contribution in [0, 0.1) is 0 Å². The lowest BCUT2D eigenvalue weighted by Crippen LogP contribution is -2.26. The van der Waals surface area contributed by atoms with Gasteiger partial charge in [-0.3, -0.25) is 9.78 Å². The topological polar surface area (TPSA) is 74.6 Å². The summed E-state index contributed by atoms with van der Waals surface area (Å²) < 4.78 is 0. The van der Waals surface area contributed by atoms with E-state index in [4.69, 9.17) is 0 Å². The van der Waals surface area contributed by atoms with Crippen LogP contribution in [-0.4, -0.2) is 21.7 Å². The van der Waals surface area contributed by atoms with Crippen molar-refractivity contribution < 1.29 is 9.90 Å². The summed E-state index contributed by atoms with van der Waals surface area (Å²) in [5.74, 6) is -0.601. The summed E-state index contributed by atoms with van der Waals surface area (Å²) >= 11 is 0. The highest BCUT2D eigenvalue weighted by molar-refractivity contribution is 6.11. The van der Waals surface area contributed by atoms with Gasteiger partial charge in [0, 0.05) is 11.8 Å². The Labute approximate surface area is 145 Å². The average molecular weight is 331 g/mol. The number of hydrazone groups is 1. The Morgan fingerprint density at radius 1 is 0.920 bits per heavy atom. The summed E-state index contributed by atoms with van der Waals surface area (Å²) in [6.45, 7) is 0. The van der Waals surface area contributed by atoms with Gasteiger partial charge >= 0.3 is 0 Å². The van der Waals surface area contributed by atoms with Gasteiger partial charge in [-0.25, -0.2) is 5.43 Å². The highest BCUT2D eigenvalue weighted by Crippen LogP contribution is 2.13. The number of aliphatic hydroxyl groups excluding tert-OH is 1. The molecule has 3 aromatic rings. The maximum atomic E-state index is 12.2. The molecule has 2 aromatic carbocycles. The minimum absolute atomic E-state index is 0.509. The monoisotopic (exact) mass is 331 g/mol. The summed E-state index contributed by atoms with van der Waals surface area (Å²) in [6.07, 6.45) is 0.375. The first-order chi connectivity index (χ1) is 12.3. The van der Waals surface area contributed by atoms with E-state index in [0.29, 0.717) is 17.0 Å². The number of benzene rings is 2. The molecule has 3 rings (SSSR count). The number of nitrogens with one attached hydrogen (secondary N) is 1. The Kier molecular flexibility index (Phi) is 5.29. The average Bonchev–Trinajstić information content (AvgIpc) is 2.70. The molecular formula is C20H17N3O2. The molecule has 0 spiro atoms. The molecule has 0 aliphatic carbocycles. The van der Waals surface area contributed by atoms with Gasteiger partial charge in [0.25, 0.3) is 5.91 Å². The van der Waals surface area contributed by atoms with Crippen LogP contribution >= 0.6 is 0 Å². The van der Waals surface area contributed by atoms with Crippen LogP contribution < -0.4 is 5.43 Å². The molecule has 5 heteroatoms. The summed E-state index contributed by atoms with van der Waals surface area (Å²) in [7, 11) is 0. The molecule has 1 atom stereocenters. The molecule has 0 radical (unpaired) electrons. The van der Waals surface area contributed by atoms with Gasteiger partial charge in [0.2, 0.25) is 0 Å². The second-order valence-corrected chi connectivity index (χ2v) is 5.33. The predicted octanol–water partition coefficient (Wildman–Crippen LogP) is 2.68. The van der Waals surface area contributed by atoms with E-state index in [2.05, 4.69) is 15.5 Å². The van der Waals surface area contributed by atoms with Crippen LogP contribution in [0.1, 0.15) is 22.9 Å². The number of rotatable bonds is 5. The third-order valence-electron chi connectivity index (χ3n) is 3.60.